The van der Waals surface area contributed by atoms with Gasteiger partial charge in [-0.1, -0.05) is 29.2 Å². The van der Waals surface area contributed by atoms with Gasteiger partial charge in [0, 0.05) is 17.2 Å². The largest absolute Gasteiger partial charge is 0.487 e. The summed E-state index contributed by atoms with van der Waals surface area (Å²) in [5.74, 6) is 4.59. The summed E-state index contributed by atoms with van der Waals surface area (Å²) in [4.78, 5) is 37.4. The Kier molecular flexibility index (Phi) is 8.43. The Balaban J connectivity index is 1.63. The molecule has 4 rings (SSSR count). The van der Waals surface area contributed by atoms with Crippen molar-refractivity contribution in [1.29, 1.82) is 0 Å². The number of carbonyl (C=O) groups excluding carboxylic acids is 2. The molecule has 0 saturated heterocycles. The lowest BCUT2D eigenvalue weighted by Crippen LogP contribution is -2.24. The van der Waals surface area contributed by atoms with E-state index in [0.717, 1.165) is 0 Å². The lowest BCUT2D eigenvalue weighted by atomic mass is 10.1. The molecule has 0 atom stereocenters. The summed E-state index contributed by atoms with van der Waals surface area (Å²) in [6.45, 7) is 5.44. The Morgan fingerprint density at radius 1 is 1.00 bits per heavy atom. The van der Waals surface area contributed by atoms with Gasteiger partial charge in [0.1, 0.15) is 17.2 Å². The zero-order chi connectivity index (χ0) is 29.6. The van der Waals surface area contributed by atoms with Crippen LogP contribution in [0, 0.1) is 17.7 Å². The number of anilines is 2. The molecule has 11 heteroatoms. The van der Waals surface area contributed by atoms with E-state index in [4.69, 9.17) is 4.74 Å². The third-order valence-corrected chi connectivity index (χ3v) is 5.41. The second kappa shape index (κ2) is 12.1. The van der Waals surface area contributed by atoms with Crippen molar-refractivity contribution >= 4 is 29.2 Å². The SMILES string of the molecule is CC(C)(C)Oc1cc(NC(=O)O)c(NC(=O)CC(=O)c2cccc(-n3ccnn3)c2)cc1C#Cc1ccc(F)cc1. The molecule has 0 spiro atoms. The lowest BCUT2D eigenvalue weighted by molar-refractivity contribution is -0.115. The average Bonchev–Trinajstić information content (AvgIpc) is 3.44. The number of Topliss-reactive ketones (excluding diaryl/α,β-unsaturated/α-hetero) is 1. The molecule has 208 valence electrons. The smallest absolute Gasteiger partial charge is 0.409 e. The first-order valence-electron chi connectivity index (χ1n) is 12.4. The highest BCUT2D eigenvalue weighted by molar-refractivity contribution is 6.12. The minimum Gasteiger partial charge on any atom is -0.487 e. The summed E-state index contributed by atoms with van der Waals surface area (Å²) >= 11 is 0. The van der Waals surface area contributed by atoms with Gasteiger partial charge in [-0.25, -0.2) is 13.9 Å². The predicted molar refractivity (Wildman–Crippen MR) is 150 cm³/mol. The Bertz CT molecular complexity index is 1650. The molecule has 0 radical (unpaired) electrons. The van der Waals surface area contributed by atoms with Gasteiger partial charge < -0.3 is 15.2 Å². The molecule has 0 aliphatic heterocycles. The van der Waals surface area contributed by atoms with E-state index in [0.29, 0.717) is 16.8 Å². The van der Waals surface area contributed by atoms with Crippen molar-refractivity contribution in [3.63, 3.8) is 0 Å². The molecule has 0 aliphatic carbocycles. The quantitative estimate of drug-likeness (QED) is 0.160. The maximum absolute atomic E-state index is 13.3. The summed E-state index contributed by atoms with van der Waals surface area (Å²) in [5.41, 5.74) is 1.19. The van der Waals surface area contributed by atoms with Crippen molar-refractivity contribution in [3.05, 3.63) is 95.6 Å². The van der Waals surface area contributed by atoms with E-state index in [1.165, 1.54) is 47.3 Å². The number of benzene rings is 3. The highest BCUT2D eigenvalue weighted by Crippen LogP contribution is 2.33. The number of amides is 2. The molecule has 0 saturated carbocycles. The number of carboxylic acid groups (broad SMARTS) is 1. The van der Waals surface area contributed by atoms with E-state index in [1.54, 1.807) is 30.5 Å². The molecular formula is C30H26FN5O5. The van der Waals surface area contributed by atoms with Crippen LogP contribution in [0.15, 0.2) is 73.1 Å². The number of hydrogen-bond donors (Lipinski definition) is 3. The summed E-state index contributed by atoms with van der Waals surface area (Å²) < 4.78 is 20.8. The van der Waals surface area contributed by atoms with Crippen LogP contribution in [0.25, 0.3) is 5.69 Å². The number of carbonyl (C=O) groups is 3. The van der Waals surface area contributed by atoms with E-state index in [2.05, 4.69) is 32.8 Å². The molecule has 2 amide bonds. The van der Waals surface area contributed by atoms with Gasteiger partial charge >= 0.3 is 6.09 Å². The lowest BCUT2D eigenvalue weighted by Gasteiger charge is -2.23. The van der Waals surface area contributed by atoms with Gasteiger partial charge in [0.25, 0.3) is 0 Å². The van der Waals surface area contributed by atoms with Gasteiger partial charge in [-0.3, -0.25) is 14.9 Å². The van der Waals surface area contributed by atoms with Crippen LogP contribution in [0.3, 0.4) is 0 Å². The Hall–Kier alpha value is -5.50. The number of aromatic nitrogens is 3. The van der Waals surface area contributed by atoms with Crippen molar-refractivity contribution < 1.29 is 28.6 Å². The summed E-state index contributed by atoms with van der Waals surface area (Å²) in [6.07, 6.45) is 1.25. The predicted octanol–water partition coefficient (Wildman–Crippen LogP) is 5.28. The molecular weight excluding hydrogens is 529 g/mol. The summed E-state index contributed by atoms with van der Waals surface area (Å²) in [6, 6.07) is 15.0. The molecule has 0 bridgehead atoms. The monoisotopic (exact) mass is 555 g/mol. The average molecular weight is 556 g/mol. The summed E-state index contributed by atoms with van der Waals surface area (Å²) in [5, 5.41) is 21.9. The third-order valence-electron chi connectivity index (χ3n) is 5.41. The second-order valence-corrected chi connectivity index (χ2v) is 9.84. The number of rotatable bonds is 7. The Morgan fingerprint density at radius 2 is 1.73 bits per heavy atom. The first kappa shape index (κ1) is 28.5. The zero-order valence-corrected chi connectivity index (χ0v) is 22.4. The number of halogens is 1. The number of nitrogens with zero attached hydrogens (tertiary/aromatic N) is 3. The van der Waals surface area contributed by atoms with Gasteiger partial charge in [0.05, 0.1) is 41.4 Å². The van der Waals surface area contributed by atoms with Crippen molar-refractivity contribution in [2.24, 2.45) is 0 Å². The van der Waals surface area contributed by atoms with E-state index in [1.807, 2.05) is 20.8 Å². The van der Waals surface area contributed by atoms with Crippen LogP contribution in [-0.4, -0.2) is 43.5 Å². The van der Waals surface area contributed by atoms with Crippen molar-refractivity contribution in [1.82, 2.24) is 15.0 Å². The van der Waals surface area contributed by atoms with Crippen LogP contribution in [0.1, 0.15) is 48.7 Å². The van der Waals surface area contributed by atoms with E-state index < -0.39 is 35.6 Å². The number of hydrogen-bond acceptors (Lipinski definition) is 6. The van der Waals surface area contributed by atoms with Crippen molar-refractivity contribution in [2.75, 3.05) is 10.6 Å². The van der Waals surface area contributed by atoms with Crippen LogP contribution in [-0.2, 0) is 4.79 Å². The van der Waals surface area contributed by atoms with E-state index >= 15 is 0 Å². The maximum Gasteiger partial charge on any atom is 0.409 e. The fraction of sp³-hybridized carbons (Fsp3) is 0.167. The number of ether oxygens (including phenoxy) is 1. The van der Waals surface area contributed by atoms with Crippen LogP contribution >= 0.6 is 0 Å². The molecule has 41 heavy (non-hydrogen) atoms. The minimum absolute atomic E-state index is 0.0260. The fourth-order valence-electron chi connectivity index (χ4n) is 3.70. The van der Waals surface area contributed by atoms with Crippen molar-refractivity contribution in [2.45, 2.75) is 32.8 Å². The van der Waals surface area contributed by atoms with Crippen molar-refractivity contribution in [3.8, 4) is 23.3 Å². The Morgan fingerprint density at radius 3 is 2.39 bits per heavy atom. The number of nitrogens with one attached hydrogen (secondary N) is 2. The highest BCUT2D eigenvalue weighted by Gasteiger charge is 2.20. The fourth-order valence-corrected chi connectivity index (χ4v) is 3.70. The molecule has 3 aromatic carbocycles. The minimum atomic E-state index is -1.37. The standard InChI is InChI=1S/C30H26FN5O5/c1-30(2,3)41-27-17-25(34-29(39)40)24(16-21(27)10-7-19-8-11-22(31)12-9-19)33-28(38)18-26(37)20-5-4-6-23(15-20)36-14-13-32-35-36/h4-6,8-9,11-17,34H,18H2,1-3H3,(H,33,38)(H,39,40). The molecule has 10 nitrogen and oxygen atoms in total. The molecule has 0 fully saturated rings. The van der Waals surface area contributed by atoms with Crippen LogP contribution in [0.2, 0.25) is 0 Å². The Labute approximate surface area is 235 Å². The topological polar surface area (TPSA) is 135 Å². The van der Waals surface area contributed by atoms with E-state index in [-0.39, 0.29) is 22.7 Å². The second-order valence-electron chi connectivity index (χ2n) is 9.84. The van der Waals surface area contributed by atoms with Gasteiger partial charge in [-0.05, 0) is 63.2 Å². The number of ketones is 1. The zero-order valence-electron chi connectivity index (χ0n) is 22.4. The van der Waals surface area contributed by atoms with E-state index in [9.17, 15) is 23.9 Å². The molecule has 3 N–H and O–H groups in total. The highest BCUT2D eigenvalue weighted by atomic mass is 19.1. The molecule has 1 aromatic heterocycles. The third kappa shape index (κ3) is 8.00. The normalized spacial score (nSPS) is 10.7. The molecule has 4 aromatic rings. The van der Waals surface area contributed by atoms with Gasteiger partial charge in [-0.2, -0.15) is 0 Å². The molecule has 0 aliphatic rings. The first-order chi connectivity index (χ1) is 19.5. The van der Waals surface area contributed by atoms with Crippen LogP contribution < -0.4 is 15.4 Å². The van der Waals surface area contributed by atoms with Gasteiger partial charge in [0.15, 0.2) is 5.78 Å². The van der Waals surface area contributed by atoms with Gasteiger partial charge in [-0.15, -0.1) is 5.10 Å². The molecule has 1 heterocycles. The molecule has 0 unspecified atom stereocenters. The van der Waals surface area contributed by atoms with Gasteiger partial charge in [0.2, 0.25) is 5.91 Å². The first-order valence-corrected chi connectivity index (χ1v) is 12.4. The maximum atomic E-state index is 13.3. The van der Waals surface area contributed by atoms with Crippen LogP contribution in [0.4, 0.5) is 20.6 Å². The van der Waals surface area contributed by atoms with Crippen LogP contribution in [0.5, 0.6) is 5.75 Å². The summed E-state index contributed by atoms with van der Waals surface area (Å²) in [7, 11) is 0.